The van der Waals surface area contributed by atoms with Crippen LogP contribution in [-0.2, 0) is 19.3 Å². The Morgan fingerprint density at radius 3 is 2.29 bits per heavy atom. The molecule has 0 bridgehead atoms. The minimum absolute atomic E-state index is 0.00170. The van der Waals surface area contributed by atoms with E-state index in [9.17, 15) is 23.3 Å². The lowest BCUT2D eigenvalue weighted by Crippen LogP contribution is -2.29. The highest BCUT2D eigenvalue weighted by molar-refractivity contribution is 5.63. The molecular weight excluding hydrogens is 377 g/mol. The summed E-state index contributed by atoms with van der Waals surface area (Å²) in [5, 5.41) is 11.7. The fourth-order valence-corrected chi connectivity index (χ4v) is 3.13. The van der Waals surface area contributed by atoms with Gasteiger partial charge in [0.1, 0.15) is 5.82 Å². The van der Waals surface area contributed by atoms with Crippen molar-refractivity contribution in [3.63, 3.8) is 0 Å². The molecule has 1 aliphatic rings. The summed E-state index contributed by atoms with van der Waals surface area (Å²) in [6.07, 6.45) is -3.02. The molecule has 1 aromatic carbocycles. The van der Waals surface area contributed by atoms with Crippen LogP contribution in [0.25, 0.3) is 0 Å². The minimum atomic E-state index is -4.63. The van der Waals surface area contributed by atoms with Crippen LogP contribution in [0.15, 0.2) is 24.3 Å². The second-order valence-electron chi connectivity index (χ2n) is 6.39. The van der Waals surface area contributed by atoms with Gasteiger partial charge < -0.3 is 9.64 Å². The number of aryl methyl sites for hydroxylation is 1. The topological polar surface area (TPSA) is 81.4 Å². The summed E-state index contributed by atoms with van der Waals surface area (Å²) in [4.78, 5) is 20.7. The Morgan fingerprint density at radius 1 is 1.18 bits per heavy atom. The maximum absolute atomic E-state index is 12.6. The van der Waals surface area contributed by atoms with Crippen LogP contribution in [0.3, 0.4) is 0 Å². The molecule has 0 atom stereocenters. The molecule has 1 aliphatic heterocycles. The largest absolute Gasteiger partial charge is 0.463 e. The Morgan fingerprint density at radius 2 is 1.79 bits per heavy atom. The van der Waals surface area contributed by atoms with Gasteiger partial charge in [0.2, 0.25) is 5.82 Å². The van der Waals surface area contributed by atoms with Crippen molar-refractivity contribution in [3.05, 3.63) is 51.3 Å². The first-order valence-electron chi connectivity index (χ1n) is 8.85. The number of hydrogen-bond donors (Lipinski definition) is 0. The van der Waals surface area contributed by atoms with Crippen molar-refractivity contribution in [2.24, 2.45) is 0 Å². The highest BCUT2D eigenvalue weighted by Gasteiger charge is 2.34. The molecule has 28 heavy (non-hydrogen) atoms. The fourth-order valence-electron chi connectivity index (χ4n) is 3.13. The number of benzene rings is 1. The van der Waals surface area contributed by atoms with E-state index in [1.54, 1.807) is 11.8 Å². The maximum Gasteiger partial charge on any atom is 0.422 e. The fraction of sp³-hybridized carbons (Fsp3) is 0.444. The quantitative estimate of drug-likeness (QED) is 0.568. The Bertz CT molecular complexity index is 847. The zero-order chi connectivity index (χ0) is 20.3. The molecule has 0 N–H and O–H groups in total. The van der Waals surface area contributed by atoms with Crippen LogP contribution in [0.1, 0.15) is 23.9 Å². The predicted molar refractivity (Wildman–Crippen MR) is 95.7 cm³/mol. The van der Waals surface area contributed by atoms with Crippen molar-refractivity contribution in [1.29, 1.82) is 0 Å². The van der Waals surface area contributed by atoms with Crippen LogP contribution in [0.5, 0.6) is 5.88 Å². The van der Waals surface area contributed by atoms with Gasteiger partial charge in [0.05, 0.1) is 4.92 Å². The summed E-state index contributed by atoms with van der Waals surface area (Å²) in [6, 6.07) is 7.87. The standard InChI is InChI=1S/C18H19F3N4O3/c1-2-14-22-16(15(25(26)27)17(23-14)28-11-18(19,20)21)24-9-7-12-5-3-4-6-13(12)8-10-24/h3-6H,2,7-11H2,1H3. The van der Waals surface area contributed by atoms with E-state index in [1.807, 2.05) is 24.3 Å². The van der Waals surface area contributed by atoms with E-state index in [-0.39, 0.29) is 11.6 Å². The third kappa shape index (κ3) is 4.49. The molecule has 10 heteroatoms. The lowest BCUT2D eigenvalue weighted by Gasteiger charge is -2.22. The second kappa shape index (κ2) is 7.99. The summed E-state index contributed by atoms with van der Waals surface area (Å²) in [6.45, 7) is 0.975. The number of aromatic nitrogens is 2. The van der Waals surface area contributed by atoms with Gasteiger partial charge in [0, 0.05) is 19.5 Å². The SMILES string of the molecule is CCc1nc(OCC(F)(F)F)c([N+](=O)[O-])c(N2CCc3ccccc3CC2)n1. The van der Waals surface area contributed by atoms with E-state index < -0.39 is 29.3 Å². The number of nitro groups is 1. The van der Waals surface area contributed by atoms with Crippen LogP contribution in [0, 0.1) is 10.1 Å². The molecule has 0 radical (unpaired) electrons. The summed E-state index contributed by atoms with van der Waals surface area (Å²) in [5.41, 5.74) is 1.66. The molecule has 7 nitrogen and oxygen atoms in total. The van der Waals surface area contributed by atoms with Crippen molar-refractivity contribution >= 4 is 11.5 Å². The number of anilines is 1. The molecule has 0 fully saturated rings. The third-order valence-electron chi connectivity index (χ3n) is 4.47. The first-order chi connectivity index (χ1) is 13.3. The molecule has 1 aromatic heterocycles. The van der Waals surface area contributed by atoms with E-state index in [0.29, 0.717) is 32.4 Å². The molecule has 2 aromatic rings. The highest BCUT2D eigenvalue weighted by atomic mass is 19.4. The first-order valence-corrected chi connectivity index (χ1v) is 8.85. The molecule has 150 valence electrons. The van der Waals surface area contributed by atoms with Gasteiger partial charge in [0.15, 0.2) is 6.61 Å². The number of hydrogen-bond acceptors (Lipinski definition) is 6. The van der Waals surface area contributed by atoms with Gasteiger partial charge in [-0.2, -0.15) is 18.2 Å². The predicted octanol–water partition coefficient (Wildman–Crippen LogP) is 3.49. The summed E-state index contributed by atoms with van der Waals surface area (Å²) < 4.78 is 42.4. The Balaban J connectivity index is 1.98. The van der Waals surface area contributed by atoms with Gasteiger partial charge in [-0.1, -0.05) is 31.2 Å². The number of ether oxygens (including phenoxy) is 1. The average molecular weight is 396 g/mol. The van der Waals surface area contributed by atoms with Gasteiger partial charge >= 0.3 is 11.9 Å². The van der Waals surface area contributed by atoms with Crippen molar-refractivity contribution < 1.29 is 22.8 Å². The molecule has 0 aliphatic carbocycles. The zero-order valence-electron chi connectivity index (χ0n) is 15.2. The van der Waals surface area contributed by atoms with E-state index in [2.05, 4.69) is 14.7 Å². The molecule has 2 heterocycles. The van der Waals surface area contributed by atoms with Gasteiger partial charge in [-0.15, -0.1) is 0 Å². The van der Waals surface area contributed by atoms with E-state index in [0.717, 1.165) is 11.1 Å². The molecule has 0 spiro atoms. The lowest BCUT2D eigenvalue weighted by atomic mass is 10.0. The molecule has 0 unspecified atom stereocenters. The molecule has 0 saturated heterocycles. The highest BCUT2D eigenvalue weighted by Crippen LogP contribution is 2.36. The number of rotatable bonds is 5. The monoisotopic (exact) mass is 396 g/mol. The number of nitrogens with zero attached hydrogens (tertiary/aromatic N) is 4. The van der Waals surface area contributed by atoms with Crippen LogP contribution < -0.4 is 9.64 Å². The van der Waals surface area contributed by atoms with E-state index >= 15 is 0 Å². The van der Waals surface area contributed by atoms with Gasteiger partial charge in [-0.3, -0.25) is 10.1 Å². The third-order valence-corrected chi connectivity index (χ3v) is 4.47. The maximum atomic E-state index is 12.6. The smallest absolute Gasteiger partial charge is 0.422 e. The molecule has 3 rings (SSSR count). The number of alkyl halides is 3. The van der Waals surface area contributed by atoms with Gasteiger partial charge in [0.25, 0.3) is 5.88 Å². The Hall–Kier alpha value is -2.91. The van der Waals surface area contributed by atoms with Crippen LogP contribution >= 0.6 is 0 Å². The normalized spacial score (nSPS) is 14.4. The molecule has 0 saturated carbocycles. The van der Waals surface area contributed by atoms with Crippen molar-refractivity contribution in [2.75, 3.05) is 24.6 Å². The summed E-state index contributed by atoms with van der Waals surface area (Å²) in [7, 11) is 0. The number of fused-ring (bicyclic) bond motifs is 1. The Labute approximate surface area is 159 Å². The van der Waals surface area contributed by atoms with Crippen molar-refractivity contribution in [3.8, 4) is 5.88 Å². The molecular formula is C18H19F3N4O3. The van der Waals surface area contributed by atoms with Crippen LogP contribution in [0.2, 0.25) is 0 Å². The Kier molecular flexibility index (Phi) is 5.66. The number of halogens is 3. The second-order valence-corrected chi connectivity index (χ2v) is 6.39. The van der Waals surface area contributed by atoms with Gasteiger partial charge in [-0.05, 0) is 24.0 Å². The van der Waals surface area contributed by atoms with Crippen LogP contribution in [-0.4, -0.2) is 40.8 Å². The van der Waals surface area contributed by atoms with Gasteiger partial charge in [-0.25, -0.2) is 4.98 Å². The lowest BCUT2D eigenvalue weighted by molar-refractivity contribution is -0.385. The van der Waals surface area contributed by atoms with Crippen LogP contribution in [0.4, 0.5) is 24.7 Å². The van der Waals surface area contributed by atoms with Crippen molar-refractivity contribution in [1.82, 2.24) is 9.97 Å². The van der Waals surface area contributed by atoms with E-state index in [4.69, 9.17) is 0 Å². The first kappa shape index (κ1) is 19.8. The average Bonchev–Trinajstić information content (AvgIpc) is 2.87. The zero-order valence-corrected chi connectivity index (χ0v) is 15.2. The van der Waals surface area contributed by atoms with E-state index in [1.165, 1.54) is 0 Å². The summed E-state index contributed by atoms with van der Waals surface area (Å²) in [5.74, 6) is -0.452. The van der Waals surface area contributed by atoms with Crippen molar-refractivity contribution in [2.45, 2.75) is 32.4 Å². The molecule has 0 amide bonds. The minimum Gasteiger partial charge on any atom is -0.463 e. The summed E-state index contributed by atoms with van der Waals surface area (Å²) >= 11 is 0.